The van der Waals surface area contributed by atoms with E-state index in [2.05, 4.69) is 17.1 Å². The lowest BCUT2D eigenvalue weighted by molar-refractivity contribution is -0.402. The molecule has 0 radical (unpaired) electrons. The number of hydrogen-bond donors (Lipinski definition) is 1. The molecule has 6 nitrogen and oxygen atoms in total. The van der Waals surface area contributed by atoms with Crippen LogP contribution in [0.25, 0.3) is 0 Å². The Bertz CT molecular complexity index is 427. The van der Waals surface area contributed by atoms with Crippen LogP contribution in [0.1, 0.15) is 44.4 Å². The summed E-state index contributed by atoms with van der Waals surface area (Å²) in [7, 11) is 0. The highest BCUT2D eigenvalue weighted by Crippen LogP contribution is 2.30. The van der Waals surface area contributed by atoms with Gasteiger partial charge in [-0.05, 0) is 12.5 Å². The van der Waals surface area contributed by atoms with Crippen LogP contribution in [0.2, 0.25) is 0 Å². The summed E-state index contributed by atoms with van der Waals surface area (Å²) in [6, 6.07) is 3.39. The number of piperazine rings is 1. The summed E-state index contributed by atoms with van der Waals surface area (Å²) in [5, 5.41) is 14.1. The van der Waals surface area contributed by atoms with Gasteiger partial charge in [-0.15, -0.1) is 0 Å². The quantitative estimate of drug-likeness (QED) is 0.472. The molecular weight excluding hydrogens is 258 g/mol. The smallest absolute Gasteiger partial charge is 0.404 e. The number of nitrogens with one attached hydrogen (secondary N) is 1. The predicted octanol–water partition coefficient (Wildman–Crippen LogP) is 2.71. The van der Waals surface area contributed by atoms with Gasteiger partial charge in [-0.1, -0.05) is 26.2 Å². The molecule has 0 unspecified atom stereocenters. The van der Waals surface area contributed by atoms with Gasteiger partial charge in [-0.25, -0.2) is 0 Å². The lowest BCUT2D eigenvalue weighted by Gasteiger charge is -2.33. The van der Waals surface area contributed by atoms with Crippen LogP contribution in [-0.2, 0) is 0 Å². The van der Waals surface area contributed by atoms with Crippen LogP contribution >= 0.6 is 0 Å². The Morgan fingerprint density at radius 3 is 2.75 bits per heavy atom. The molecule has 0 aromatic carbocycles. The minimum absolute atomic E-state index is 0.157. The van der Waals surface area contributed by atoms with Gasteiger partial charge in [0.25, 0.3) is 0 Å². The molecule has 1 aromatic rings. The number of furan rings is 1. The van der Waals surface area contributed by atoms with E-state index in [4.69, 9.17) is 4.42 Å². The van der Waals surface area contributed by atoms with Gasteiger partial charge < -0.3 is 9.73 Å². The van der Waals surface area contributed by atoms with E-state index in [9.17, 15) is 10.1 Å². The Morgan fingerprint density at radius 1 is 1.40 bits per heavy atom. The molecule has 0 bridgehead atoms. The topological polar surface area (TPSA) is 71.5 Å². The molecule has 1 aliphatic rings. The van der Waals surface area contributed by atoms with E-state index in [1.54, 1.807) is 6.07 Å². The van der Waals surface area contributed by atoms with Gasteiger partial charge >= 0.3 is 5.88 Å². The Kier molecular flexibility index (Phi) is 5.55. The first-order chi connectivity index (χ1) is 9.72. The fourth-order valence-corrected chi connectivity index (χ4v) is 2.71. The monoisotopic (exact) mass is 281 g/mol. The summed E-state index contributed by atoms with van der Waals surface area (Å²) >= 11 is 0. The van der Waals surface area contributed by atoms with E-state index in [1.807, 2.05) is 0 Å². The molecule has 1 fully saturated rings. The highest BCUT2D eigenvalue weighted by Gasteiger charge is 2.26. The Hall–Kier alpha value is -1.40. The average molecular weight is 281 g/mol. The van der Waals surface area contributed by atoms with Crippen molar-refractivity contribution in [1.29, 1.82) is 0 Å². The van der Waals surface area contributed by atoms with Crippen molar-refractivity contribution < 1.29 is 9.34 Å². The molecule has 0 amide bonds. The molecule has 6 heteroatoms. The molecule has 1 N–H and O–H groups in total. The molecule has 1 aliphatic heterocycles. The molecule has 2 rings (SSSR count). The van der Waals surface area contributed by atoms with Crippen LogP contribution in [0, 0.1) is 10.1 Å². The van der Waals surface area contributed by atoms with Crippen molar-refractivity contribution in [3.8, 4) is 0 Å². The van der Waals surface area contributed by atoms with Gasteiger partial charge in [0.05, 0.1) is 12.1 Å². The molecule has 1 saturated heterocycles. The zero-order valence-electron chi connectivity index (χ0n) is 12.0. The maximum absolute atomic E-state index is 10.8. The number of rotatable bonds is 7. The molecule has 0 aliphatic carbocycles. The zero-order chi connectivity index (χ0) is 14.4. The van der Waals surface area contributed by atoms with Gasteiger partial charge in [0, 0.05) is 26.2 Å². The van der Waals surface area contributed by atoms with Crippen molar-refractivity contribution in [1.82, 2.24) is 10.2 Å². The van der Waals surface area contributed by atoms with Crippen LogP contribution in [0.3, 0.4) is 0 Å². The molecule has 1 atom stereocenters. The molecule has 0 spiro atoms. The molecule has 20 heavy (non-hydrogen) atoms. The molecule has 2 heterocycles. The first-order valence-electron chi connectivity index (χ1n) is 7.41. The van der Waals surface area contributed by atoms with E-state index in [0.717, 1.165) is 44.8 Å². The molecular formula is C14H23N3O3. The third kappa shape index (κ3) is 3.80. The average Bonchev–Trinajstić information content (AvgIpc) is 2.94. The van der Waals surface area contributed by atoms with Gasteiger partial charge in [-0.3, -0.25) is 15.0 Å². The number of nitro groups is 1. The third-order valence-electron chi connectivity index (χ3n) is 3.79. The zero-order valence-corrected chi connectivity index (χ0v) is 12.0. The summed E-state index contributed by atoms with van der Waals surface area (Å²) in [5.41, 5.74) is 0. The fourth-order valence-electron chi connectivity index (χ4n) is 2.71. The molecule has 1 aromatic heterocycles. The van der Waals surface area contributed by atoms with Gasteiger partial charge in [0.15, 0.2) is 0 Å². The minimum Gasteiger partial charge on any atom is -0.404 e. The Morgan fingerprint density at radius 2 is 2.15 bits per heavy atom. The highest BCUT2D eigenvalue weighted by atomic mass is 16.6. The summed E-state index contributed by atoms with van der Waals surface area (Å²) < 4.78 is 5.43. The number of nitrogens with zero attached hydrogens (tertiary/aromatic N) is 2. The van der Waals surface area contributed by atoms with Crippen molar-refractivity contribution in [2.75, 3.05) is 26.2 Å². The predicted molar refractivity (Wildman–Crippen MR) is 76.7 cm³/mol. The highest BCUT2D eigenvalue weighted by molar-refractivity contribution is 5.20. The molecule has 112 valence electrons. The van der Waals surface area contributed by atoms with E-state index in [1.165, 1.54) is 18.9 Å². The second-order valence-corrected chi connectivity index (χ2v) is 5.23. The lowest BCUT2D eigenvalue weighted by Crippen LogP contribution is -2.45. The molecule has 0 saturated carbocycles. The van der Waals surface area contributed by atoms with E-state index < -0.39 is 4.92 Å². The van der Waals surface area contributed by atoms with Crippen LogP contribution in [-0.4, -0.2) is 36.0 Å². The van der Waals surface area contributed by atoms with Gasteiger partial charge in [-0.2, -0.15) is 0 Å². The summed E-state index contributed by atoms with van der Waals surface area (Å²) in [5.74, 6) is 0.574. The van der Waals surface area contributed by atoms with Crippen molar-refractivity contribution in [3.63, 3.8) is 0 Å². The van der Waals surface area contributed by atoms with E-state index in [-0.39, 0.29) is 11.9 Å². The van der Waals surface area contributed by atoms with Crippen molar-refractivity contribution in [3.05, 3.63) is 28.0 Å². The third-order valence-corrected chi connectivity index (χ3v) is 3.79. The standard InChI is InChI=1S/C14H23N3O3/c1-2-3-4-5-12(16-10-8-15-9-11-16)13-6-7-14(20-13)17(18)19/h6-7,12,15H,2-5,8-11H2,1H3/t12-/m1/s1. The van der Waals surface area contributed by atoms with Crippen LogP contribution < -0.4 is 5.32 Å². The number of unbranched alkanes of at least 4 members (excludes halogenated alkanes) is 2. The first-order valence-corrected chi connectivity index (χ1v) is 7.41. The van der Waals surface area contributed by atoms with Crippen molar-refractivity contribution in [2.24, 2.45) is 0 Å². The Balaban J connectivity index is 2.08. The maximum atomic E-state index is 10.8. The summed E-state index contributed by atoms with van der Waals surface area (Å²) in [4.78, 5) is 12.7. The lowest BCUT2D eigenvalue weighted by atomic mass is 10.0. The SMILES string of the molecule is CCCCC[C@H](c1ccc([N+](=O)[O-])o1)N1CCNCC1. The van der Waals surface area contributed by atoms with Crippen molar-refractivity contribution in [2.45, 2.75) is 38.6 Å². The van der Waals surface area contributed by atoms with Gasteiger partial charge in [0.1, 0.15) is 10.7 Å². The summed E-state index contributed by atoms with van der Waals surface area (Å²) in [6.07, 6.45) is 4.48. The van der Waals surface area contributed by atoms with Crippen LogP contribution in [0.15, 0.2) is 16.5 Å². The van der Waals surface area contributed by atoms with E-state index >= 15 is 0 Å². The second-order valence-electron chi connectivity index (χ2n) is 5.23. The first kappa shape index (κ1) is 15.0. The number of hydrogen-bond acceptors (Lipinski definition) is 5. The van der Waals surface area contributed by atoms with Gasteiger partial charge in [0.2, 0.25) is 0 Å². The normalized spacial score (nSPS) is 18.1. The minimum atomic E-state index is -0.468. The Labute approximate surface area is 119 Å². The maximum Gasteiger partial charge on any atom is 0.433 e. The fraction of sp³-hybridized carbons (Fsp3) is 0.714. The van der Waals surface area contributed by atoms with Crippen LogP contribution in [0.4, 0.5) is 5.88 Å². The largest absolute Gasteiger partial charge is 0.433 e. The van der Waals surface area contributed by atoms with Crippen molar-refractivity contribution >= 4 is 5.88 Å². The van der Waals surface area contributed by atoms with Crippen LogP contribution in [0.5, 0.6) is 0 Å². The summed E-state index contributed by atoms with van der Waals surface area (Å²) in [6.45, 7) is 6.04. The second kappa shape index (κ2) is 7.40. The van der Waals surface area contributed by atoms with E-state index in [0.29, 0.717) is 0 Å².